The molecule has 0 unspecified atom stereocenters. The number of carbonyl (C=O) groups is 1. The van der Waals surface area contributed by atoms with Crippen molar-refractivity contribution in [2.24, 2.45) is 0 Å². The standard InChI is InChI=1S/C15H15F2N3O3/c16-15(17)8-6-10(7-9-15)12-13(14(21)22)20(19-18-12)23-11-4-2-1-3-5-11/h1-5,10H,6-9H2,(H,21,22). The summed E-state index contributed by atoms with van der Waals surface area (Å²) in [5, 5.41) is 17.0. The number of halogens is 2. The summed E-state index contributed by atoms with van der Waals surface area (Å²) in [5.41, 5.74) is -0.0204. The average Bonchev–Trinajstić information content (AvgIpc) is 2.92. The van der Waals surface area contributed by atoms with Gasteiger partial charge < -0.3 is 9.94 Å². The molecule has 0 radical (unpaired) electrons. The van der Waals surface area contributed by atoms with E-state index in [9.17, 15) is 18.7 Å². The van der Waals surface area contributed by atoms with E-state index >= 15 is 0 Å². The number of hydrogen-bond donors (Lipinski definition) is 1. The van der Waals surface area contributed by atoms with Crippen LogP contribution >= 0.6 is 0 Å². The third-order valence-electron chi connectivity index (χ3n) is 3.91. The fraction of sp³-hybridized carbons (Fsp3) is 0.400. The normalized spacial score (nSPS) is 17.8. The quantitative estimate of drug-likeness (QED) is 0.935. The van der Waals surface area contributed by atoms with E-state index in [1.165, 1.54) is 0 Å². The Bertz CT molecular complexity index is 693. The highest BCUT2D eigenvalue weighted by atomic mass is 19.3. The molecule has 0 amide bonds. The summed E-state index contributed by atoms with van der Waals surface area (Å²) in [7, 11) is 0. The Morgan fingerprint density at radius 2 is 1.91 bits per heavy atom. The second kappa shape index (κ2) is 5.94. The van der Waals surface area contributed by atoms with Gasteiger partial charge in [-0.15, -0.1) is 5.10 Å². The summed E-state index contributed by atoms with van der Waals surface area (Å²) in [6.45, 7) is 0. The van der Waals surface area contributed by atoms with Crippen LogP contribution in [0.25, 0.3) is 0 Å². The zero-order chi connectivity index (χ0) is 16.4. The van der Waals surface area contributed by atoms with Crippen molar-refractivity contribution in [1.29, 1.82) is 0 Å². The predicted molar refractivity (Wildman–Crippen MR) is 75.6 cm³/mol. The summed E-state index contributed by atoms with van der Waals surface area (Å²) in [6, 6.07) is 8.55. The van der Waals surface area contributed by atoms with Gasteiger partial charge in [0.2, 0.25) is 11.6 Å². The molecule has 1 aromatic heterocycles. The Morgan fingerprint density at radius 1 is 1.26 bits per heavy atom. The highest BCUT2D eigenvalue weighted by Gasteiger charge is 2.38. The molecule has 0 atom stereocenters. The van der Waals surface area contributed by atoms with Gasteiger partial charge in [0, 0.05) is 18.8 Å². The smallest absolute Gasteiger partial charge is 0.360 e. The third kappa shape index (κ3) is 3.30. The number of aromatic carboxylic acids is 1. The number of nitrogens with zero attached hydrogens (tertiary/aromatic N) is 3. The predicted octanol–water partition coefficient (Wildman–Crippen LogP) is 3.11. The van der Waals surface area contributed by atoms with Gasteiger partial charge in [-0.05, 0) is 30.2 Å². The summed E-state index contributed by atoms with van der Waals surface area (Å²) in [4.78, 5) is 17.8. The van der Waals surface area contributed by atoms with Gasteiger partial charge in [0.15, 0.2) is 5.75 Å². The first-order valence-electron chi connectivity index (χ1n) is 7.26. The number of carboxylic acids is 1. The van der Waals surface area contributed by atoms with Crippen LogP contribution in [0.4, 0.5) is 8.78 Å². The Morgan fingerprint density at radius 3 is 2.52 bits per heavy atom. The molecular formula is C15H15F2N3O3. The van der Waals surface area contributed by atoms with Crippen LogP contribution in [0.15, 0.2) is 30.3 Å². The summed E-state index contributed by atoms with van der Waals surface area (Å²) in [6.07, 6.45) is -0.194. The lowest BCUT2D eigenvalue weighted by Gasteiger charge is -2.27. The number of aromatic nitrogens is 3. The minimum Gasteiger partial charge on any atom is -0.476 e. The third-order valence-corrected chi connectivity index (χ3v) is 3.91. The molecule has 2 aromatic rings. The van der Waals surface area contributed by atoms with Crippen LogP contribution in [0, 0.1) is 0 Å². The number of benzene rings is 1. The maximum absolute atomic E-state index is 13.3. The SMILES string of the molecule is O=C(O)c1c(C2CCC(F)(F)CC2)nnn1Oc1ccccc1. The zero-order valence-electron chi connectivity index (χ0n) is 12.2. The van der Waals surface area contributed by atoms with Crippen LogP contribution in [-0.4, -0.2) is 32.2 Å². The molecule has 6 nitrogen and oxygen atoms in total. The van der Waals surface area contributed by atoms with Crippen LogP contribution in [0.3, 0.4) is 0 Å². The highest BCUT2D eigenvalue weighted by molar-refractivity contribution is 5.86. The van der Waals surface area contributed by atoms with Crippen molar-refractivity contribution in [3.63, 3.8) is 0 Å². The fourth-order valence-corrected chi connectivity index (χ4v) is 2.70. The number of carboxylic acid groups (broad SMARTS) is 1. The molecule has 8 heteroatoms. The Kier molecular flexibility index (Phi) is 3.97. The van der Waals surface area contributed by atoms with E-state index in [-0.39, 0.29) is 43.0 Å². The van der Waals surface area contributed by atoms with E-state index in [0.29, 0.717) is 5.75 Å². The van der Waals surface area contributed by atoms with E-state index in [1.807, 2.05) is 0 Å². The number of rotatable bonds is 4. The summed E-state index contributed by atoms with van der Waals surface area (Å²) in [5.74, 6) is -3.88. The second-order valence-corrected chi connectivity index (χ2v) is 5.54. The van der Waals surface area contributed by atoms with E-state index in [1.54, 1.807) is 30.3 Å². The van der Waals surface area contributed by atoms with Crippen LogP contribution in [0.5, 0.6) is 5.75 Å². The van der Waals surface area contributed by atoms with Gasteiger partial charge in [-0.25, -0.2) is 13.6 Å². The lowest BCUT2D eigenvalue weighted by molar-refractivity contribution is -0.0385. The number of alkyl halides is 2. The molecule has 122 valence electrons. The Hall–Kier alpha value is -2.51. The van der Waals surface area contributed by atoms with Gasteiger partial charge in [0.1, 0.15) is 5.69 Å². The first-order chi connectivity index (χ1) is 11.0. The highest BCUT2D eigenvalue weighted by Crippen LogP contribution is 2.41. The Labute approximate surface area is 130 Å². The molecule has 0 aliphatic heterocycles. The second-order valence-electron chi connectivity index (χ2n) is 5.54. The molecule has 1 saturated carbocycles. The molecule has 3 rings (SSSR count). The van der Waals surface area contributed by atoms with Gasteiger partial charge in [0.25, 0.3) is 0 Å². The zero-order valence-corrected chi connectivity index (χ0v) is 12.2. The fourth-order valence-electron chi connectivity index (χ4n) is 2.70. The molecule has 0 spiro atoms. The summed E-state index contributed by atoms with van der Waals surface area (Å²) >= 11 is 0. The van der Waals surface area contributed by atoms with Crippen LogP contribution in [0.1, 0.15) is 47.8 Å². The van der Waals surface area contributed by atoms with Crippen molar-refractivity contribution in [1.82, 2.24) is 15.2 Å². The lowest BCUT2D eigenvalue weighted by atomic mass is 9.84. The van der Waals surface area contributed by atoms with Crippen molar-refractivity contribution < 1.29 is 23.5 Å². The topological polar surface area (TPSA) is 77.2 Å². The van der Waals surface area contributed by atoms with Crippen LogP contribution in [0.2, 0.25) is 0 Å². The monoisotopic (exact) mass is 323 g/mol. The minimum absolute atomic E-state index is 0.178. The number of para-hydroxylation sites is 1. The molecule has 1 aliphatic rings. The minimum atomic E-state index is -2.68. The molecule has 1 fully saturated rings. The van der Waals surface area contributed by atoms with Crippen molar-refractivity contribution in [2.45, 2.75) is 37.5 Å². The van der Waals surface area contributed by atoms with Gasteiger partial charge in [0.05, 0.1) is 0 Å². The Balaban J connectivity index is 1.86. The van der Waals surface area contributed by atoms with Crippen molar-refractivity contribution in [2.75, 3.05) is 0 Å². The molecular weight excluding hydrogens is 308 g/mol. The largest absolute Gasteiger partial charge is 0.476 e. The van der Waals surface area contributed by atoms with Crippen molar-refractivity contribution in [3.05, 3.63) is 41.7 Å². The summed E-state index contributed by atoms with van der Waals surface area (Å²) < 4.78 is 26.5. The lowest BCUT2D eigenvalue weighted by Crippen LogP contribution is -2.25. The average molecular weight is 323 g/mol. The molecule has 1 N–H and O–H groups in total. The molecule has 0 saturated heterocycles. The maximum Gasteiger partial charge on any atom is 0.360 e. The van der Waals surface area contributed by atoms with Gasteiger partial charge in [-0.3, -0.25) is 0 Å². The molecule has 1 aliphatic carbocycles. The van der Waals surface area contributed by atoms with Gasteiger partial charge >= 0.3 is 5.97 Å². The van der Waals surface area contributed by atoms with E-state index in [4.69, 9.17) is 4.84 Å². The van der Waals surface area contributed by atoms with Crippen molar-refractivity contribution >= 4 is 5.97 Å². The van der Waals surface area contributed by atoms with E-state index in [2.05, 4.69) is 10.3 Å². The van der Waals surface area contributed by atoms with Crippen molar-refractivity contribution in [3.8, 4) is 5.75 Å². The molecule has 0 bridgehead atoms. The molecule has 1 aromatic carbocycles. The van der Waals surface area contributed by atoms with Gasteiger partial charge in [-0.2, -0.15) is 0 Å². The van der Waals surface area contributed by atoms with E-state index < -0.39 is 11.9 Å². The van der Waals surface area contributed by atoms with E-state index in [0.717, 1.165) is 4.85 Å². The van der Waals surface area contributed by atoms with Crippen LogP contribution < -0.4 is 4.84 Å². The first kappa shape index (κ1) is 15.4. The number of hydrogen-bond acceptors (Lipinski definition) is 4. The van der Waals surface area contributed by atoms with Crippen LogP contribution in [-0.2, 0) is 0 Å². The molecule has 1 heterocycles. The molecule has 23 heavy (non-hydrogen) atoms. The maximum atomic E-state index is 13.3. The first-order valence-corrected chi connectivity index (χ1v) is 7.26. The van der Waals surface area contributed by atoms with Gasteiger partial charge in [-0.1, -0.05) is 23.0 Å².